The molecule has 0 spiro atoms. The van der Waals surface area contributed by atoms with E-state index in [1.807, 2.05) is 32.9 Å². The Bertz CT molecular complexity index is 485. The second-order valence-electron chi connectivity index (χ2n) is 6.01. The van der Waals surface area contributed by atoms with Crippen LogP contribution in [-0.4, -0.2) is 36.5 Å². The second-order valence-corrected chi connectivity index (χ2v) is 6.01. The molecule has 4 nitrogen and oxygen atoms in total. The van der Waals surface area contributed by atoms with Gasteiger partial charge in [-0.3, -0.25) is 9.69 Å². The number of hydrogen-bond acceptors (Lipinski definition) is 3. The van der Waals surface area contributed by atoms with Gasteiger partial charge in [-0.2, -0.15) is 0 Å². The first kappa shape index (κ1) is 15.0. The number of rotatable bonds is 4. The largest absolute Gasteiger partial charge is 0.328 e. The molecule has 110 valence electrons. The van der Waals surface area contributed by atoms with Gasteiger partial charge in [-0.05, 0) is 56.8 Å². The molecule has 1 heterocycles. The Morgan fingerprint density at radius 2 is 2.25 bits per heavy atom. The van der Waals surface area contributed by atoms with Gasteiger partial charge in [-0.1, -0.05) is 12.1 Å². The maximum atomic E-state index is 12.1. The van der Waals surface area contributed by atoms with Crippen molar-refractivity contribution in [2.45, 2.75) is 33.2 Å². The third-order valence-corrected chi connectivity index (χ3v) is 4.09. The molecule has 1 amide bonds. The van der Waals surface area contributed by atoms with E-state index >= 15 is 0 Å². The third kappa shape index (κ3) is 3.81. The minimum absolute atomic E-state index is 0.0593. The molecule has 2 unspecified atom stereocenters. The first-order valence-corrected chi connectivity index (χ1v) is 7.30. The van der Waals surface area contributed by atoms with Gasteiger partial charge in [0.1, 0.15) is 0 Å². The van der Waals surface area contributed by atoms with Crippen molar-refractivity contribution in [3.8, 4) is 0 Å². The number of likely N-dealkylation sites (tertiary alicyclic amines) is 1. The Morgan fingerprint density at radius 3 is 2.90 bits per heavy atom. The number of nitrogens with one attached hydrogen (secondary N) is 1. The lowest BCUT2D eigenvalue weighted by atomic mass is 10.0. The molecule has 2 atom stereocenters. The van der Waals surface area contributed by atoms with E-state index in [9.17, 15) is 4.79 Å². The molecule has 2 rings (SSSR count). The Hall–Kier alpha value is -1.39. The highest BCUT2D eigenvalue weighted by Crippen LogP contribution is 2.19. The van der Waals surface area contributed by atoms with Gasteiger partial charge in [-0.15, -0.1) is 0 Å². The van der Waals surface area contributed by atoms with Gasteiger partial charge >= 0.3 is 0 Å². The highest BCUT2D eigenvalue weighted by atomic mass is 16.2. The van der Waals surface area contributed by atoms with Crippen molar-refractivity contribution in [2.24, 2.45) is 11.7 Å². The van der Waals surface area contributed by atoms with Crippen molar-refractivity contribution in [3.63, 3.8) is 0 Å². The average molecular weight is 275 g/mol. The van der Waals surface area contributed by atoms with E-state index in [1.165, 1.54) is 0 Å². The van der Waals surface area contributed by atoms with Crippen molar-refractivity contribution in [3.05, 3.63) is 29.3 Å². The zero-order valence-electron chi connectivity index (χ0n) is 12.6. The molecule has 1 aliphatic rings. The second kappa shape index (κ2) is 6.37. The normalized spacial score (nSPS) is 20.9. The van der Waals surface area contributed by atoms with Crippen LogP contribution in [0.2, 0.25) is 0 Å². The van der Waals surface area contributed by atoms with Crippen LogP contribution < -0.4 is 11.1 Å². The molecule has 20 heavy (non-hydrogen) atoms. The molecule has 0 bridgehead atoms. The van der Waals surface area contributed by atoms with Crippen molar-refractivity contribution < 1.29 is 4.79 Å². The van der Waals surface area contributed by atoms with E-state index in [0.29, 0.717) is 12.5 Å². The lowest BCUT2D eigenvalue weighted by Crippen LogP contribution is -2.34. The number of carbonyl (C=O) groups excluding carboxylic acids is 1. The summed E-state index contributed by atoms with van der Waals surface area (Å²) >= 11 is 0. The maximum absolute atomic E-state index is 12.1. The monoisotopic (exact) mass is 275 g/mol. The van der Waals surface area contributed by atoms with Crippen LogP contribution in [0.5, 0.6) is 0 Å². The predicted octanol–water partition coefficient (Wildman–Crippen LogP) is 1.91. The third-order valence-electron chi connectivity index (χ3n) is 4.09. The van der Waals surface area contributed by atoms with Gasteiger partial charge < -0.3 is 11.1 Å². The van der Waals surface area contributed by atoms with Crippen LogP contribution in [-0.2, 0) is 4.79 Å². The van der Waals surface area contributed by atoms with Crippen molar-refractivity contribution in [2.75, 3.05) is 25.0 Å². The van der Waals surface area contributed by atoms with Crippen molar-refractivity contribution in [1.82, 2.24) is 4.90 Å². The van der Waals surface area contributed by atoms with Crippen molar-refractivity contribution in [1.29, 1.82) is 0 Å². The minimum atomic E-state index is 0.0593. The molecule has 3 N–H and O–H groups in total. The average Bonchev–Trinajstić information content (AvgIpc) is 2.82. The molecule has 1 saturated heterocycles. The Labute approximate surface area is 121 Å². The van der Waals surface area contributed by atoms with Gasteiger partial charge in [0.05, 0.1) is 6.54 Å². The molecule has 4 heteroatoms. The van der Waals surface area contributed by atoms with E-state index in [2.05, 4.69) is 16.3 Å². The van der Waals surface area contributed by atoms with Gasteiger partial charge in [0.25, 0.3) is 0 Å². The van der Waals surface area contributed by atoms with Crippen LogP contribution in [0.25, 0.3) is 0 Å². The molecule has 0 aromatic heterocycles. The molecular weight excluding hydrogens is 250 g/mol. The molecule has 1 aromatic rings. The smallest absolute Gasteiger partial charge is 0.238 e. The molecule has 0 aliphatic carbocycles. The summed E-state index contributed by atoms with van der Waals surface area (Å²) in [7, 11) is 0. The fourth-order valence-electron chi connectivity index (χ4n) is 2.70. The van der Waals surface area contributed by atoms with E-state index in [4.69, 9.17) is 5.73 Å². The fourth-order valence-corrected chi connectivity index (χ4v) is 2.70. The zero-order chi connectivity index (χ0) is 14.7. The molecule has 1 aromatic carbocycles. The number of amides is 1. The Kier molecular flexibility index (Phi) is 4.78. The summed E-state index contributed by atoms with van der Waals surface area (Å²) in [5.41, 5.74) is 9.09. The SMILES string of the molecule is Cc1ccc(C)c(NC(=O)CN2CCC(C(C)N)C2)c1. The van der Waals surface area contributed by atoms with Crippen LogP contribution in [0, 0.1) is 19.8 Å². The van der Waals surface area contributed by atoms with E-state index in [-0.39, 0.29) is 11.9 Å². The first-order chi connectivity index (χ1) is 9.45. The van der Waals surface area contributed by atoms with Gasteiger partial charge in [0, 0.05) is 18.3 Å². The summed E-state index contributed by atoms with van der Waals surface area (Å²) in [6.45, 7) is 8.44. The fraction of sp³-hybridized carbons (Fsp3) is 0.562. The summed E-state index contributed by atoms with van der Waals surface area (Å²) in [5.74, 6) is 0.576. The lowest BCUT2D eigenvalue weighted by Gasteiger charge is -2.18. The number of carbonyl (C=O) groups is 1. The maximum Gasteiger partial charge on any atom is 0.238 e. The Morgan fingerprint density at radius 1 is 1.50 bits per heavy atom. The molecule has 0 radical (unpaired) electrons. The summed E-state index contributed by atoms with van der Waals surface area (Å²) in [6, 6.07) is 6.32. The molecule has 1 aliphatic heterocycles. The topological polar surface area (TPSA) is 58.4 Å². The summed E-state index contributed by atoms with van der Waals surface area (Å²) in [4.78, 5) is 14.3. The highest BCUT2D eigenvalue weighted by molar-refractivity contribution is 5.93. The number of nitrogens with zero attached hydrogens (tertiary/aromatic N) is 1. The number of aryl methyl sites for hydroxylation is 2. The van der Waals surface area contributed by atoms with Gasteiger partial charge in [0.15, 0.2) is 0 Å². The van der Waals surface area contributed by atoms with Crippen LogP contribution in [0.15, 0.2) is 18.2 Å². The van der Waals surface area contributed by atoms with Crippen molar-refractivity contribution >= 4 is 11.6 Å². The number of hydrogen-bond donors (Lipinski definition) is 2. The quantitative estimate of drug-likeness (QED) is 0.882. The predicted molar refractivity (Wildman–Crippen MR) is 82.7 cm³/mol. The minimum Gasteiger partial charge on any atom is -0.328 e. The summed E-state index contributed by atoms with van der Waals surface area (Å²) < 4.78 is 0. The standard InChI is InChI=1S/C16H25N3O/c1-11-4-5-12(2)15(8-11)18-16(20)10-19-7-6-14(9-19)13(3)17/h4-5,8,13-14H,6-7,9-10,17H2,1-3H3,(H,18,20). The number of anilines is 1. The van der Waals surface area contributed by atoms with Crippen LogP contribution >= 0.6 is 0 Å². The van der Waals surface area contributed by atoms with Crippen LogP contribution in [0.4, 0.5) is 5.69 Å². The molecule has 0 saturated carbocycles. The van der Waals surface area contributed by atoms with Crippen LogP contribution in [0.1, 0.15) is 24.5 Å². The van der Waals surface area contributed by atoms with E-state index < -0.39 is 0 Å². The highest BCUT2D eigenvalue weighted by Gasteiger charge is 2.26. The summed E-state index contributed by atoms with van der Waals surface area (Å²) in [6.07, 6.45) is 1.09. The molecule has 1 fully saturated rings. The molecular formula is C16H25N3O. The first-order valence-electron chi connectivity index (χ1n) is 7.30. The van der Waals surface area contributed by atoms with E-state index in [1.54, 1.807) is 0 Å². The summed E-state index contributed by atoms with van der Waals surface area (Å²) in [5, 5.41) is 3.01. The number of benzene rings is 1. The van der Waals surface area contributed by atoms with Gasteiger partial charge in [-0.25, -0.2) is 0 Å². The zero-order valence-corrected chi connectivity index (χ0v) is 12.6. The number of nitrogens with two attached hydrogens (primary N) is 1. The van der Waals surface area contributed by atoms with Gasteiger partial charge in [0.2, 0.25) is 5.91 Å². The Balaban J connectivity index is 1.88. The van der Waals surface area contributed by atoms with E-state index in [0.717, 1.165) is 36.3 Å². The lowest BCUT2D eigenvalue weighted by molar-refractivity contribution is -0.117. The van der Waals surface area contributed by atoms with Crippen LogP contribution in [0.3, 0.4) is 0 Å².